The van der Waals surface area contributed by atoms with E-state index < -0.39 is 0 Å². The van der Waals surface area contributed by atoms with E-state index in [0.29, 0.717) is 18.3 Å². The number of carbonyl (C=O) groups is 1. The standard InChI is InChI=1S/C16H21N3O2/c17-12-5-9-2-4-16(21)18-13(9)6-14(12)19-7-10-1-3-15(20)11(10)8-19/h5-6,10-11,15,20H,1-4,7-8,17H2,(H,18,21). The van der Waals surface area contributed by atoms with Crippen LogP contribution in [0.25, 0.3) is 0 Å². The van der Waals surface area contributed by atoms with Gasteiger partial charge in [-0.1, -0.05) is 0 Å². The Balaban J connectivity index is 1.64. The van der Waals surface area contributed by atoms with Crippen LogP contribution in [0.5, 0.6) is 0 Å². The van der Waals surface area contributed by atoms with Crippen LogP contribution in [0.3, 0.4) is 0 Å². The highest BCUT2D eigenvalue weighted by Gasteiger charge is 2.42. The second-order valence-electron chi connectivity index (χ2n) is 6.59. The Morgan fingerprint density at radius 2 is 2.10 bits per heavy atom. The van der Waals surface area contributed by atoms with Crippen LogP contribution in [-0.2, 0) is 11.2 Å². The van der Waals surface area contributed by atoms with Gasteiger partial charge in [-0.25, -0.2) is 0 Å². The zero-order chi connectivity index (χ0) is 14.6. The van der Waals surface area contributed by atoms with E-state index in [1.54, 1.807) is 0 Å². The highest BCUT2D eigenvalue weighted by Crippen LogP contribution is 2.42. The number of nitrogen functional groups attached to an aromatic ring is 1. The molecule has 112 valence electrons. The van der Waals surface area contributed by atoms with Crippen LogP contribution in [0, 0.1) is 11.8 Å². The summed E-state index contributed by atoms with van der Waals surface area (Å²) in [6.07, 6.45) is 3.16. The van der Waals surface area contributed by atoms with E-state index in [1.165, 1.54) is 0 Å². The first kappa shape index (κ1) is 13.0. The smallest absolute Gasteiger partial charge is 0.224 e. The number of hydrogen-bond acceptors (Lipinski definition) is 4. The highest BCUT2D eigenvalue weighted by molar-refractivity contribution is 5.95. The van der Waals surface area contributed by atoms with Crippen LogP contribution in [-0.4, -0.2) is 30.2 Å². The average Bonchev–Trinajstić information content (AvgIpc) is 3.01. The van der Waals surface area contributed by atoms with Crippen LogP contribution < -0.4 is 16.0 Å². The molecule has 1 saturated heterocycles. The number of benzene rings is 1. The number of carbonyl (C=O) groups excluding carboxylic acids is 1. The van der Waals surface area contributed by atoms with Gasteiger partial charge >= 0.3 is 0 Å². The van der Waals surface area contributed by atoms with Crippen LogP contribution >= 0.6 is 0 Å². The summed E-state index contributed by atoms with van der Waals surface area (Å²) in [5.74, 6) is 1.02. The van der Waals surface area contributed by atoms with Gasteiger partial charge in [0, 0.05) is 31.1 Å². The van der Waals surface area contributed by atoms with Gasteiger partial charge in [0.1, 0.15) is 0 Å². The van der Waals surface area contributed by atoms with Crippen LogP contribution in [0.1, 0.15) is 24.8 Å². The minimum atomic E-state index is -0.168. The summed E-state index contributed by atoms with van der Waals surface area (Å²) < 4.78 is 0. The maximum absolute atomic E-state index is 11.6. The summed E-state index contributed by atoms with van der Waals surface area (Å²) in [5.41, 5.74) is 10.0. The molecule has 0 aromatic heterocycles. The quantitative estimate of drug-likeness (QED) is 0.682. The topological polar surface area (TPSA) is 78.6 Å². The number of aliphatic hydroxyl groups excluding tert-OH is 1. The fourth-order valence-electron chi connectivity index (χ4n) is 4.14. The zero-order valence-corrected chi connectivity index (χ0v) is 12.0. The lowest BCUT2D eigenvalue weighted by molar-refractivity contribution is -0.116. The maximum Gasteiger partial charge on any atom is 0.224 e. The summed E-state index contributed by atoms with van der Waals surface area (Å²) in [4.78, 5) is 13.8. The normalized spacial score (nSPS) is 31.0. The summed E-state index contributed by atoms with van der Waals surface area (Å²) in [5, 5.41) is 13.0. The van der Waals surface area contributed by atoms with Crippen molar-refractivity contribution < 1.29 is 9.90 Å². The predicted molar refractivity (Wildman–Crippen MR) is 82.2 cm³/mol. The summed E-state index contributed by atoms with van der Waals surface area (Å²) in [6.45, 7) is 1.82. The van der Waals surface area contributed by atoms with Gasteiger partial charge in [0.2, 0.25) is 5.91 Å². The minimum Gasteiger partial charge on any atom is -0.397 e. The van der Waals surface area contributed by atoms with E-state index in [9.17, 15) is 9.90 Å². The van der Waals surface area contributed by atoms with Gasteiger partial charge in [0.25, 0.3) is 0 Å². The van der Waals surface area contributed by atoms with Crippen molar-refractivity contribution in [3.8, 4) is 0 Å². The van der Waals surface area contributed by atoms with Gasteiger partial charge < -0.3 is 21.1 Å². The molecule has 3 aliphatic rings. The van der Waals surface area contributed by atoms with Gasteiger partial charge in [-0.15, -0.1) is 0 Å². The number of nitrogens with one attached hydrogen (secondary N) is 1. The second-order valence-corrected chi connectivity index (χ2v) is 6.59. The third-order valence-corrected chi connectivity index (χ3v) is 5.31. The molecule has 0 radical (unpaired) electrons. The van der Waals surface area contributed by atoms with E-state index >= 15 is 0 Å². The van der Waals surface area contributed by atoms with Crippen molar-refractivity contribution in [2.24, 2.45) is 11.8 Å². The van der Waals surface area contributed by atoms with Crippen molar-refractivity contribution in [3.63, 3.8) is 0 Å². The lowest BCUT2D eigenvalue weighted by Gasteiger charge is -2.25. The van der Waals surface area contributed by atoms with Crippen molar-refractivity contribution in [3.05, 3.63) is 17.7 Å². The molecule has 5 nitrogen and oxygen atoms in total. The molecular weight excluding hydrogens is 266 g/mol. The number of nitrogens with two attached hydrogens (primary N) is 1. The number of fused-ring (bicyclic) bond motifs is 2. The fraction of sp³-hybridized carbons (Fsp3) is 0.562. The SMILES string of the molecule is Nc1cc2c(cc1N1CC3CCC(O)C3C1)NC(=O)CC2. The first-order valence-corrected chi connectivity index (χ1v) is 7.77. The molecule has 1 aromatic rings. The molecule has 5 heteroatoms. The Kier molecular flexibility index (Phi) is 2.85. The van der Waals surface area contributed by atoms with E-state index in [0.717, 1.165) is 55.0 Å². The predicted octanol–water partition coefficient (Wildman–Crippen LogP) is 1.36. The van der Waals surface area contributed by atoms with Crippen molar-refractivity contribution in [1.29, 1.82) is 0 Å². The van der Waals surface area contributed by atoms with Crippen molar-refractivity contribution in [2.45, 2.75) is 31.8 Å². The summed E-state index contributed by atoms with van der Waals surface area (Å²) in [7, 11) is 0. The molecule has 3 atom stereocenters. The summed E-state index contributed by atoms with van der Waals surface area (Å²) in [6, 6.07) is 4.00. The molecule has 21 heavy (non-hydrogen) atoms. The number of hydrogen-bond donors (Lipinski definition) is 3. The molecule has 1 amide bonds. The first-order valence-electron chi connectivity index (χ1n) is 7.77. The fourth-order valence-corrected chi connectivity index (χ4v) is 4.14. The van der Waals surface area contributed by atoms with Gasteiger partial charge in [-0.2, -0.15) is 0 Å². The third kappa shape index (κ3) is 2.07. The molecule has 2 heterocycles. The Labute approximate surface area is 124 Å². The van der Waals surface area contributed by atoms with Gasteiger partial charge in [0.15, 0.2) is 0 Å². The lowest BCUT2D eigenvalue weighted by Crippen LogP contribution is -2.26. The maximum atomic E-state index is 11.6. The molecule has 3 unspecified atom stereocenters. The number of nitrogens with zero attached hydrogens (tertiary/aromatic N) is 1. The summed E-state index contributed by atoms with van der Waals surface area (Å²) >= 11 is 0. The largest absolute Gasteiger partial charge is 0.397 e. The molecule has 4 rings (SSSR count). The Bertz CT molecular complexity index is 601. The molecule has 0 bridgehead atoms. The number of aryl methyl sites for hydroxylation is 1. The van der Waals surface area contributed by atoms with Gasteiger partial charge in [0.05, 0.1) is 17.5 Å². The van der Waals surface area contributed by atoms with E-state index in [1.807, 2.05) is 12.1 Å². The highest BCUT2D eigenvalue weighted by atomic mass is 16.3. The minimum absolute atomic E-state index is 0.0759. The molecule has 0 spiro atoms. The molecule has 2 fully saturated rings. The first-order chi connectivity index (χ1) is 10.1. The monoisotopic (exact) mass is 287 g/mol. The Morgan fingerprint density at radius 1 is 1.24 bits per heavy atom. The zero-order valence-electron chi connectivity index (χ0n) is 12.0. The van der Waals surface area contributed by atoms with Gasteiger partial charge in [-0.3, -0.25) is 4.79 Å². The van der Waals surface area contributed by atoms with Crippen LogP contribution in [0.4, 0.5) is 17.1 Å². The lowest BCUT2D eigenvalue weighted by atomic mass is 10.00. The number of rotatable bonds is 1. The number of anilines is 3. The second kappa shape index (κ2) is 4.63. The van der Waals surface area contributed by atoms with E-state index in [-0.39, 0.29) is 12.0 Å². The number of amides is 1. The molecule has 1 saturated carbocycles. The third-order valence-electron chi connectivity index (χ3n) is 5.31. The van der Waals surface area contributed by atoms with E-state index in [4.69, 9.17) is 5.73 Å². The molecule has 4 N–H and O–H groups in total. The Morgan fingerprint density at radius 3 is 2.90 bits per heavy atom. The average molecular weight is 287 g/mol. The van der Waals surface area contributed by atoms with E-state index in [2.05, 4.69) is 10.2 Å². The number of aliphatic hydroxyl groups is 1. The van der Waals surface area contributed by atoms with Crippen molar-refractivity contribution in [2.75, 3.05) is 29.0 Å². The van der Waals surface area contributed by atoms with Crippen molar-refractivity contribution in [1.82, 2.24) is 0 Å². The van der Waals surface area contributed by atoms with Gasteiger partial charge in [-0.05, 0) is 42.9 Å². The molecule has 2 aliphatic heterocycles. The Hall–Kier alpha value is -1.75. The van der Waals surface area contributed by atoms with Crippen molar-refractivity contribution >= 4 is 23.0 Å². The van der Waals surface area contributed by atoms with Crippen LogP contribution in [0.2, 0.25) is 0 Å². The molecule has 1 aromatic carbocycles. The molecule has 1 aliphatic carbocycles. The molecular formula is C16H21N3O2. The van der Waals surface area contributed by atoms with Crippen LogP contribution in [0.15, 0.2) is 12.1 Å².